The van der Waals surface area contributed by atoms with Crippen LogP contribution in [0.3, 0.4) is 0 Å². The first-order valence-corrected chi connectivity index (χ1v) is 4.07. The number of amides is 2. The number of carboxylic acids is 1. The van der Waals surface area contributed by atoms with Crippen molar-refractivity contribution in [2.45, 2.75) is 18.9 Å². The zero-order chi connectivity index (χ0) is 11.1. The van der Waals surface area contributed by atoms with Crippen LogP contribution in [0, 0.1) is 0 Å². The summed E-state index contributed by atoms with van der Waals surface area (Å²) >= 11 is 3.36. The summed E-state index contributed by atoms with van der Waals surface area (Å²) in [5.74, 6) is -1.98. The number of hydrogen-bond acceptors (Lipinski definition) is 4. The van der Waals surface area contributed by atoms with Gasteiger partial charge in [0, 0.05) is 6.42 Å². The van der Waals surface area contributed by atoms with E-state index in [1.807, 2.05) is 0 Å². The number of carbonyl (C=O) groups is 3. The standard InChI is InChI=1S/C6H10N2O5S/c9-4(10)2-1-3(5(11)8-13)7-6(12)14/h3,13H,1-2H2,(H,8,11)(H,9,10)(H2,7,12,14)/t3-/m0/s1. The molecule has 0 fully saturated rings. The molecule has 80 valence electrons. The molecule has 0 aliphatic heterocycles. The van der Waals surface area contributed by atoms with E-state index in [0.29, 0.717) is 0 Å². The summed E-state index contributed by atoms with van der Waals surface area (Å²) < 4.78 is 0. The van der Waals surface area contributed by atoms with Crippen molar-refractivity contribution in [2.24, 2.45) is 0 Å². The van der Waals surface area contributed by atoms with Gasteiger partial charge in [0.25, 0.3) is 11.1 Å². The second-order valence-electron chi connectivity index (χ2n) is 2.41. The highest BCUT2D eigenvalue weighted by Crippen LogP contribution is 1.98. The molecule has 1 atom stereocenters. The number of aliphatic carboxylic acids is 1. The van der Waals surface area contributed by atoms with Gasteiger partial charge in [-0.05, 0) is 6.42 Å². The van der Waals surface area contributed by atoms with Crippen molar-refractivity contribution >= 4 is 29.7 Å². The van der Waals surface area contributed by atoms with Gasteiger partial charge in [0.2, 0.25) is 0 Å². The lowest BCUT2D eigenvalue weighted by molar-refractivity contribution is -0.137. The molecule has 0 radical (unpaired) electrons. The molecule has 0 spiro atoms. The van der Waals surface area contributed by atoms with Gasteiger partial charge in [-0.15, -0.1) is 0 Å². The van der Waals surface area contributed by atoms with Crippen molar-refractivity contribution in [1.29, 1.82) is 0 Å². The van der Waals surface area contributed by atoms with Crippen molar-refractivity contribution in [3.05, 3.63) is 0 Å². The topological polar surface area (TPSA) is 116 Å². The van der Waals surface area contributed by atoms with Gasteiger partial charge in [0.1, 0.15) is 6.04 Å². The molecule has 2 amide bonds. The van der Waals surface area contributed by atoms with E-state index in [0.717, 1.165) is 0 Å². The molecule has 0 aliphatic rings. The van der Waals surface area contributed by atoms with Gasteiger partial charge < -0.3 is 10.4 Å². The van der Waals surface area contributed by atoms with Crippen LogP contribution in [0.2, 0.25) is 0 Å². The van der Waals surface area contributed by atoms with Crippen molar-refractivity contribution in [2.75, 3.05) is 0 Å². The third-order valence-corrected chi connectivity index (χ3v) is 1.50. The van der Waals surface area contributed by atoms with E-state index >= 15 is 0 Å². The second kappa shape index (κ2) is 6.22. The van der Waals surface area contributed by atoms with Gasteiger partial charge in [-0.1, -0.05) is 12.6 Å². The summed E-state index contributed by atoms with van der Waals surface area (Å²) in [5.41, 5.74) is 1.31. The molecule has 0 unspecified atom stereocenters. The molecule has 4 N–H and O–H groups in total. The summed E-state index contributed by atoms with van der Waals surface area (Å²) in [6.07, 6.45) is -0.416. The Balaban J connectivity index is 4.17. The van der Waals surface area contributed by atoms with Crippen LogP contribution in [0.15, 0.2) is 0 Å². The fourth-order valence-electron chi connectivity index (χ4n) is 0.764. The van der Waals surface area contributed by atoms with Crippen LogP contribution in [-0.2, 0) is 9.59 Å². The van der Waals surface area contributed by atoms with Crippen molar-refractivity contribution in [3.63, 3.8) is 0 Å². The number of carbonyl (C=O) groups excluding carboxylic acids is 2. The second-order valence-corrected chi connectivity index (χ2v) is 2.82. The molecule has 0 bridgehead atoms. The highest BCUT2D eigenvalue weighted by Gasteiger charge is 2.19. The van der Waals surface area contributed by atoms with Crippen LogP contribution in [0.1, 0.15) is 12.8 Å². The van der Waals surface area contributed by atoms with Gasteiger partial charge in [-0.2, -0.15) is 0 Å². The first-order valence-electron chi connectivity index (χ1n) is 3.62. The molecule has 0 aromatic heterocycles. The van der Waals surface area contributed by atoms with Crippen LogP contribution in [0.25, 0.3) is 0 Å². The Morgan fingerprint density at radius 1 is 1.36 bits per heavy atom. The predicted molar refractivity (Wildman–Crippen MR) is 48.1 cm³/mol. The van der Waals surface area contributed by atoms with E-state index in [9.17, 15) is 14.4 Å². The molecular weight excluding hydrogens is 212 g/mol. The third-order valence-electron chi connectivity index (χ3n) is 1.37. The van der Waals surface area contributed by atoms with Crippen LogP contribution in [0.4, 0.5) is 4.79 Å². The smallest absolute Gasteiger partial charge is 0.303 e. The summed E-state index contributed by atoms with van der Waals surface area (Å²) in [6.45, 7) is 0. The Hall–Kier alpha value is -1.28. The Bertz CT molecular complexity index is 244. The Morgan fingerprint density at radius 2 is 1.93 bits per heavy atom. The van der Waals surface area contributed by atoms with Crippen molar-refractivity contribution in [3.8, 4) is 0 Å². The lowest BCUT2D eigenvalue weighted by atomic mass is 10.1. The van der Waals surface area contributed by atoms with Crippen LogP contribution >= 0.6 is 12.6 Å². The predicted octanol–water partition coefficient (Wildman–Crippen LogP) is -0.635. The highest BCUT2D eigenvalue weighted by molar-refractivity contribution is 7.96. The normalized spacial score (nSPS) is 11.6. The number of thiol groups is 1. The number of rotatable bonds is 5. The number of carboxylic acid groups (broad SMARTS) is 1. The largest absolute Gasteiger partial charge is 0.481 e. The highest BCUT2D eigenvalue weighted by atomic mass is 32.1. The van der Waals surface area contributed by atoms with Gasteiger partial charge in [0.15, 0.2) is 0 Å². The molecule has 0 saturated heterocycles. The van der Waals surface area contributed by atoms with Crippen LogP contribution < -0.4 is 10.8 Å². The van der Waals surface area contributed by atoms with E-state index in [1.54, 1.807) is 0 Å². The minimum atomic E-state index is -1.10. The summed E-state index contributed by atoms with van der Waals surface area (Å²) in [6, 6.07) is -1.10. The molecule has 8 heteroatoms. The van der Waals surface area contributed by atoms with Crippen molar-refractivity contribution in [1.82, 2.24) is 10.8 Å². The fraction of sp³-hybridized carbons (Fsp3) is 0.500. The molecule has 0 aromatic carbocycles. The minimum Gasteiger partial charge on any atom is -0.481 e. The zero-order valence-corrected chi connectivity index (χ0v) is 7.95. The maximum Gasteiger partial charge on any atom is 0.303 e. The molecular formula is C6H10N2O5S. The monoisotopic (exact) mass is 222 g/mol. The first-order chi connectivity index (χ1) is 6.47. The zero-order valence-electron chi connectivity index (χ0n) is 7.06. The average Bonchev–Trinajstić information content (AvgIpc) is 2.10. The number of hydrogen-bond donors (Lipinski definition) is 5. The Kier molecular flexibility index (Phi) is 5.65. The fourth-order valence-corrected chi connectivity index (χ4v) is 0.919. The van der Waals surface area contributed by atoms with E-state index in [-0.39, 0.29) is 12.8 Å². The summed E-state index contributed by atoms with van der Waals surface area (Å²) in [4.78, 5) is 31.5. The first kappa shape index (κ1) is 12.7. The SMILES string of the molecule is O=C(O)CC[C@H](NC(=O)S)C(=O)NO. The van der Waals surface area contributed by atoms with Gasteiger partial charge in [0.05, 0.1) is 0 Å². The number of nitrogens with one attached hydrogen (secondary N) is 2. The molecule has 0 aromatic rings. The van der Waals surface area contributed by atoms with E-state index < -0.39 is 23.2 Å². The van der Waals surface area contributed by atoms with Crippen LogP contribution in [0.5, 0.6) is 0 Å². The Morgan fingerprint density at radius 3 is 2.29 bits per heavy atom. The third kappa shape index (κ3) is 5.38. The maximum atomic E-state index is 10.9. The molecule has 7 nitrogen and oxygen atoms in total. The number of hydroxylamine groups is 1. The van der Waals surface area contributed by atoms with E-state index in [1.165, 1.54) is 5.48 Å². The Labute approximate surface area is 84.8 Å². The molecule has 0 heterocycles. The lowest BCUT2D eigenvalue weighted by Crippen LogP contribution is -2.44. The summed E-state index contributed by atoms with van der Waals surface area (Å²) in [7, 11) is 0. The molecule has 14 heavy (non-hydrogen) atoms. The van der Waals surface area contributed by atoms with Crippen molar-refractivity contribution < 1.29 is 24.7 Å². The minimum absolute atomic E-state index is 0.117. The average molecular weight is 222 g/mol. The van der Waals surface area contributed by atoms with E-state index in [2.05, 4.69) is 17.9 Å². The molecule has 0 saturated carbocycles. The molecule has 0 aliphatic carbocycles. The summed E-state index contributed by atoms with van der Waals surface area (Å²) in [5, 5.41) is 17.9. The lowest BCUT2D eigenvalue weighted by Gasteiger charge is -2.13. The molecule has 0 rings (SSSR count). The quantitative estimate of drug-likeness (QED) is 0.241. The van der Waals surface area contributed by atoms with E-state index in [4.69, 9.17) is 10.3 Å². The van der Waals surface area contributed by atoms with Gasteiger partial charge in [-0.25, -0.2) is 5.48 Å². The van der Waals surface area contributed by atoms with Gasteiger partial charge >= 0.3 is 5.97 Å². The van der Waals surface area contributed by atoms with Gasteiger partial charge in [-0.3, -0.25) is 19.6 Å². The van der Waals surface area contributed by atoms with Crippen LogP contribution in [-0.4, -0.2) is 33.5 Å². The maximum absolute atomic E-state index is 10.9.